The Morgan fingerprint density at radius 3 is 2.25 bits per heavy atom. The summed E-state index contributed by atoms with van der Waals surface area (Å²) in [6, 6.07) is 17.8. The smallest absolute Gasteiger partial charge is 0.300 e. The molecular weight excluding hydrogens is 406 g/mol. The van der Waals surface area contributed by atoms with Crippen molar-refractivity contribution in [3.05, 3.63) is 94.6 Å². The lowest BCUT2D eigenvalue weighted by molar-refractivity contribution is -0.132. The van der Waals surface area contributed by atoms with Gasteiger partial charge in [0.1, 0.15) is 17.3 Å². The summed E-state index contributed by atoms with van der Waals surface area (Å²) in [4.78, 5) is 27.8. The monoisotopic (exact) mass is 429 g/mol. The first kappa shape index (κ1) is 21.2. The molecule has 1 atom stereocenters. The third-order valence-corrected chi connectivity index (χ3v) is 5.70. The van der Waals surface area contributed by atoms with Crippen LogP contribution >= 0.6 is 0 Å². The Kier molecular flexibility index (Phi) is 5.45. The van der Waals surface area contributed by atoms with Gasteiger partial charge in [-0.3, -0.25) is 14.5 Å². The summed E-state index contributed by atoms with van der Waals surface area (Å²) in [5.74, 6) is -1.03. The van der Waals surface area contributed by atoms with E-state index in [1.807, 2.05) is 26.0 Å². The van der Waals surface area contributed by atoms with Crippen LogP contribution in [0.2, 0.25) is 0 Å². The number of nitrogens with zero attached hydrogens (tertiary/aromatic N) is 1. The first-order valence-electron chi connectivity index (χ1n) is 10.1. The molecule has 1 amide bonds. The minimum Gasteiger partial charge on any atom is -0.508 e. The number of para-hydroxylation sites is 1. The average molecular weight is 429 g/mol. The van der Waals surface area contributed by atoms with Crippen molar-refractivity contribution >= 4 is 23.1 Å². The van der Waals surface area contributed by atoms with Crippen LogP contribution in [0, 0.1) is 13.8 Å². The molecule has 0 aromatic heterocycles. The molecule has 2 N–H and O–H groups in total. The van der Waals surface area contributed by atoms with Gasteiger partial charge < -0.3 is 14.9 Å². The van der Waals surface area contributed by atoms with E-state index in [1.54, 1.807) is 49.6 Å². The maximum atomic E-state index is 13.2. The second kappa shape index (κ2) is 8.23. The molecule has 1 unspecified atom stereocenters. The van der Waals surface area contributed by atoms with E-state index in [9.17, 15) is 19.8 Å². The number of aliphatic hydroxyl groups is 1. The zero-order valence-electron chi connectivity index (χ0n) is 18.0. The van der Waals surface area contributed by atoms with Crippen LogP contribution in [0.15, 0.2) is 72.3 Å². The number of carbonyl (C=O) groups excluding carboxylic acids is 2. The number of rotatable bonds is 4. The number of phenolic OH excluding ortho intramolecular Hbond substituents is 1. The molecule has 6 nitrogen and oxygen atoms in total. The predicted octanol–water partition coefficient (Wildman–Crippen LogP) is 4.64. The molecule has 0 radical (unpaired) electrons. The Balaban J connectivity index is 1.95. The van der Waals surface area contributed by atoms with Gasteiger partial charge in [0, 0.05) is 11.3 Å². The van der Waals surface area contributed by atoms with E-state index in [0.717, 1.165) is 11.1 Å². The number of ketones is 1. The zero-order valence-corrected chi connectivity index (χ0v) is 18.0. The topological polar surface area (TPSA) is 87.1 Å². The first-order valence-corrected chi connectivity index (χ1v) is 10.1. The average Bonchev–Trinajstić information content (AvgIpc) is 3.04. The predicted molar refractivity (Wildman–Crippen MR) is 122 cm³/mol. The fourth-order valence-electron chi connectivity index (χ4n) is 4.07. The highest BCUT2D eigenvalue weighted by molar-refractivity contribution is 6.51. The number of aromatic hydroxyl groups is 1. The highest BCUT2D eigenvalue weighted by Crippen LogP contribution is 2.43. The second-order valence-electron chi connectivity index (χ2n) is 7.73. The molecule has 4 rings (SSSR count). The van der Waals surface area contributed by atoms with E-state index in [0.29, 0.717) is 22.6 Å². The molecule has 3 aromatic carbocycles. The molecule has 32 heavy (non-hydrogen) atoms. The lowest BCUT2D eigenvalue weighted by Gasteiger charge is -2.26. The molecule has 1 fully saturated rings. The standard InChI is InChI=1S/C26H23NO5/c1-15-6-4-5-7-20(15)27-23(17-8-11-19(28)12-9-17)22(25(30)26(27)31)24(29)18-10-13-21(32-3)16(2)14-18/h4-14,23,28-29H,1-3H3/b24-22-. The van der Waals surface area contributed by atoms with Gasteiger partial charge in [0.15, 0.2) is 0 Å². The van der Waals surface area contributed by atoms with Crippen LogP contribution in [0.3, 0.4) is 0 Å². The van der Waals surface area contributed by atoms with Crippen LogP contribution in [0.25, 0.3) is 5.76 Å². The van der Waals surface area contributed by atoms with E-state index < -0.39 is 17.7 Å². The summed E-state index contributed by atoms with van der Waals surface area (Å²) in [7, 11) is 1.56. The van der Waals surface area contributed by atoms with Gasteiger partial charge in [0.25, 0.3) is 11.7 Å². The van der Waals surface area contributed by atoms with Crippen LogP contribution in [0.4, 0.5) is 5.69 Å². The van der Waals surface area contributed by atoms with Crippen molar-refractivity contribution in [2.24, 2.45) is 0 Å². The van der Waals surface area contributed by atoms with E-state index in [4.69, 9.17) is 4.74 Å². The first-order chi connectivity index (χ1) is 15.3. The molecule has 0 aliphatic carbocycles. The number of anilines is 1. The number of ether oxygens (including phenoxy) is 1. The van der Waals surface area contributed by atoms with Crippen LogP contribution < -0.4 is 9.64 Å². The number of benzene rings is 3. The summed E-state index contributed by atoms with van der Waals surface area (Å²) < 4.78 is 5.28. The van der Waals surface area contributed by atoms with Gasteiger partial charge in [-0.05, 0) is 66.9 Å². The lowest BCUT2D eigenvalue weighted by atomic mass is 9.94. The van der Waals surface area contributed by atoms with Gasteiger partial charge in [-0.2, -0.15) is 0 Å². The molecule has 0 spiro atoms. The van der Waals surface area contributed by atoms with E-state index in [1.165, 1.54) is 17.0 Å². The van der Waals surface area contributed by atoms with Crippen LogP contribution in [-0.4, -0.2) is 29.0 Å². The molecule has 1 saturated heterocycles. The Morgan fingerprint density at radius 2 is 1.62 bits per heavy atom. The summed E-state index contributed by atoms with van der Waals surface area (Å²) in [6.07, 6.45) is 0. The van der Waals surface area contributed by atoms with Crippen molar-refractivity contribution in [2.45, 2.75) is 19.9 Å². The summed E-state index contributed by atoms with van der Waals surface area (Å²) in [5, 5.41) is 20.9. The Hall–Kier alpha value is -4.06. The number of carbonyl (C=O) groups is 2. The van der Waals surface area contributed by atoms with E-state index in [2.05, 4.69) is 0 Å². The summed E-state index contributed by atoms with van der Waals surface area (Å²) in [5.41, 5.74) is 3.18. The third-order valence-electron chi connectivity index (χ3n) is 5.70. The quantitative estimate of drug-likeness (QED) is 0.358. The second-order valence-corrected chi connectivity index (χ2v) is 7.73. The van der Waals surface area contributed by atoms with Gasteiger partial charge in [-0.15, -0.1) is 0 Å². The van der Waals surface area contributed by atoms with Gasteiger partial charge in [-0.1, -0.05) is 30.3 Å². The molecule has 1 heterocycles. The molecule has 6 heteroatoms. The molecule has 0 saturated carbocycles. The molecule has 162 valence electrons. The van der Waals surface area contributed by atoms with Gasteiger partial charge >= 0.3 is 0 Å². The number of methoxy groups -OCH3 is 1. The van der Waals surface area contributed by atoms with Crippen molar-refractivity contribution < 1.29 is 24.5 Å². The van der Waals surface area contributed by atoms with Crippen molar-refractivity contribution in [1.82, 2.24) is 0 Å². The molecule has 1 aliphatic heterocycles. The summed E-state index contributed by atoms with van der Waals surface area (Å²) >= 11 is 0. The van der Waals surface area contributed by atoms with Crippen LogP contribution in [0.1, 0.15) is 28.3 Å². The molecule has 1 aliphatic rings. The maximum absolute atomic E-state index is 13.2. The van der Waals surface area contributed by atoms with Crippen molar-refractivity contribution in [2.75, 3.05) is 12.0 Å². The van der Waals surface area contributed by atoms with Crippen LogP contribution in [-0.2, 0) is 9.59 Å². The molecular formula is C26H23NO5. The van der Waals surface area contributed by atoms with E-state index in [-0.39, 0.29) is 17.1 Å². The number of Topliss-reactive ketones (excluding diaryl/α,β-unsaturated/α-hetero) is 1. The van der Waals surface area contributed by atoms with Gasteiger partial charge in [0.05, 0.1) is 18.7 Å². The molecule has 0 bridgehead atoms. The SMILES string of the molecule is COc1ccc(/C(O)=C2/C(=O)C(=O)N(c3ccccc3C)C2c2ccc(O)cc2)cc1C. The third kappa shape index (κ3) is 3.50. The van der Waals surface area contributed by atoms with Gasteiger partial charge in [0.2, 0.25) is 0 Å². The Bertz CT molecular complexity index is 1240. The highest BCUT2D eigenvalue weighted by Gasteiger charge is 2.47. The minimum atomic E-state index is -0.848. The van der Waals surface area contributed by atoms with E-state index >= 15 is 0 Å². The number of aryl methyl sites for hydroxylation is 2. The largest absolute Gasteiger partial charge is 0.508 e. The van der Waals surface area contributed by atoms with Crippen LogP contribution in [0.5, 0.6) is 11.5 Å². The highest BCUT2D eigenvalue weighted by atomic mass is 16.5. The lowest BCUT2D eigenvalue weighted by Crippen LogP contribution is -2.30. The normalized spacial score (nSPS) is 17.6. The summed E-state index contributed by atoms with van der Waals surface area (Å²) in [6.45, 7) is 3.69. The number of hydrogen-bond acceptors (Lipinski definition) is 5. The van der Waals surface area contributed by atoms with Crippen molar-refractivity contribution in [3.8, 4) is 11.5 Å². The zero-order chi connectivity index (χ0) is 23.0. The van der Waals surface area contributed by atoms with Gasteiger partial charge in [-0.25, -0.2) is 0 Å². The number of amides is 1. The Labute approximate surface area is 186 Å². The fourth-order valence-corrected chi connectivity index (χ4v) is 4.07. The maximum Gasteiger partial charge on any atom is 0.300 e. The molecule has 3 aromatic rings. The minimum absolute atomic E-state index is 0.00601. The van der Waals surface area contributed by atoms with Crippen molar-refractivity contribution in [1.29, 1.82) is 0 Å². The Morgan fingerprint density at radius 1 is 0.938 bits per heavy atom. The van der Waals surface area contributed by atoms with Crippen molar-refractivity contribution in [3.63, 3.8) is 0 Å². The number of aliphatic hydroxyl groups excluding tert-OH is 1. The number of hydrogen-bond donors (Lipinski definition) is 2. The number of phenols is 1. The fraction of sp³-hybridized carbons (Fsp3) is 0.154.